The fourth-order valence-electron chi connectivity index (χ4n) is 2.78. The number of aliphatic imine (C=N–C) groups is 1. The molecule has 1 aliphatic heterocycles. The van der Waals surface area contributed by atoms with Crippen LogP contribution < -0.4 is 5.73 Å². The summed E-state index contributed by atoms with van der Waals surface area (Å²) in [6, 6.07) is 0. The maximum atomic E-state index is 6.07. The Kier molecular flexibility index (Phi) is 5.09. The lowest BCUT2D eigenvalue weighted by Crippen LogP contribution is -2.42. The molecule has 1 aliphatic carbocycles. The van der Waals surface area contributed by atoms with Gasteiger partial charge in [-0.2, -0.15) is 0 Å². The van der Waals surface area contributed by atoms with Crippen LogP contribution in [0.25, 0.3) is 0 Å². The van der Waals surface area contributed by atoms with E-state index in [1.54, 1.807) is 5.57 Å². The number of hydrogen-bond donors (Lipinski definition) is 1. The summed E-state index contributed by atoms with van der Waals surface area (Å²) in [5.41, 5.74) is 7.65. The van der Waals surface area contributed by atoms with Crippen molar-refractivity contribution in [1.29, 1.82) is 0 Å². The summed E-state index contributed by atoms with van der Waals surface area (Å²) >= 11 is 0. The molecule has 18 heavy (non-hydrogen) atoms. The lowest BCUT2D eigenvalue weighted by atomic mass is 9.97. The molecule has 102 valence electrons. The first-order valence-electron chi connectivity index (χ1n) is 7.48. The average Bonchev–Trinajstić information content (AvgIpc) is 2.40. The lowest BCUT2D eigenvalue weighted by molar-refractivity contribution is 0.277. The molecule has 0 bridgehead atoms. The molecule has 0 radical (unpaired) electrons. The van der Waals surface area contributed by atoms with Gasteiger partial charge < -0.3 is 10.6 Å². The van der Waals surface area contributed by atoms with E-state index in [0.717, 1.165) is 37.9 Å². The van der Waals surface area contributed by atoms with E-state index in [9.17, 15) is 0 Å². The quantitative estimate of drug-likeness (QED) is 0.475. The van der Waals surface area contributed by atoms with E-state index in [1.807, 2.05) is 0 Å². The summed E-state index contributed by atoms with van der Waals surface area (Å²) in [7, 11) is 0. The highest BCUT2D eigenvalue weighted by Gasteiger charge is 2.16. The first-order valence-corrected chi connectivity index (χ1v) is 7.48. The second kappa shape index (κ2) is 6.81. The largest absolute Gasteiger partial charge is 0.370 e. The highest BCUT2D eigenvalue weighted by atomic mass is 15.3. The van der Waals surface area contributed by atoms with Crippen molar-refractivity contribution in [1.82, 2.24) is 4.90 Å². The lowest BCUT2D eigenvalue weighted by Gasteiger charge is -2.31. The van der Waals surface area contributed by atoms with Crippen molar-refractivity contribution in [2.45, 2.75) is 51.9 Å². The van der Waals surface area contributed by atoms with Gasteiger partial charge >= 0.3 is 0 Å². The van der Waals surface area contributed by atoms with E-state index in [2.05, 4.69) is 22.9 Å². The van der Waals surface area contributed by atoms with Gasteiger partial charge in [0.15, 0.2) is 5.96 Å². The number of nitrogens with two attached hydrogens (primary N) is 1. The van der Waals surface area contributed by atoms with Crippen LogP contribution in [0.4, 0.5) is 0 Å². The summed E-state index contributed by atoms with van der Waals surface area (Å²) in [5.74, 6) is 1.61. The molecule has 2 aliphatic rings. The summed E-state index contributed by atoms with van der Waals surface area (Å²) in [6.07, 6.45) is 11.3. The molecule has 2 rings (SSSR count). The van der Waals surface area contributed by atoms with Crippen molar-refractivity contribution in [3.8, 4) is 0 Å². The zero-order chi connectivity index (χ0) is 12.8. The second-order valence-corrected chi connectivity index (χ2v) is 5.77. The van der Waals surface area contributed by atoms with Crippen LogP contribution in [0.3, 0.4) is 0 Å². The number of likely N-dealkylation sites (tertiary alicyclic amines) is 1. The van der Waals surface area contributed by atoms with E-state index in [1.165, 1.54) is 38.5 Å². The summed E-state index contributed by atoms with van der Waals surface area (Å²) < 4.78 is 0. The molecule has 0 aromatic heterocycles. The minimum Gasteiger partial charge on any atom is -0.370 e. The van der Waals surface area contributed by atoms with Gasteiger partial charge in [0.1, 0.15) is 0 Å². The molecule has 0 unspecified atom stereocenters. The van der Waals surface area contributed by atoms with Crippen LogP contribution in [-0.2, 0) is 0 Å². The van der Waals surface area contributed by atoms with Crippen molar-refractivity contribution in [3.63, 3.8) is 0 Å². The van der Waals surface area contributed by atoms with Crippen LogP contribution in [0.15, 0.2) is 16.6 Å². The van der Waals surface area contributed by atoms with Crippen molar-refractivity contribution < 1.29 is 0 Å². The molecule has 1 saturated heterocycles. The number of hydrogen-bond acceptors (Lipinski definition) is 1. The van der Waals surface area contributed by atoms with E-state index in [4.69, 9.17) is 5.73 Å². The first kappa shape index (κ1) is 13.4. The average molecular weight is 249 g/mol. The van der Waals surface area contributed by atoms with Gasteiger partial charge in [0.2, 0.25) is 0 Å². The summed E-state index contributed by atoms with van der Waals surface area (Å²) in [4.78, 5) is 6.79. The third-order valence-corrected chi connectivity index (χ3v) is 4.20. The predicted octanol–water partition coefficient (Wildman–Crippen LogP) is 2.92. The maximum absolute atomic E-state index is 6.07. The van der Waals surface area contributed by atoms with Crippen molar-refractivity contribution in [2.75, 3.05) is 19.6 Å². The van der Waals surface area contributed by atoms with Gasteiger partial charge in [-0.1, -0.05) is 18.6 Å². The van der Waals surface area contributed by atoms with Crippen LogP contribution in [0.1, 0.15) is 51.9 Å². The minimum atomic E-state index is 0.762. The van der Waals surface area contributed by atoms with Gasteiger partial charge in [-0.25, -0.2) is 0 Å². The van der Waals surface area contributed by atoms with Gasteiger partial charge in [0.25, 0.3) is 0 Å². The molecule has 2 N–H and O–H groups in total. The minimum absolute atomic E-state index is 0.762. The molecule has 0 amide bonds. The van der Waals surface area contributed by atoms with Gasteiger partial charge in [-0.3, -0.25) is 4.99 Å². The Morgan fingerprint density at radius 3 is 2.83 bits per heavy atom. The van der Waals surface area contributed by atoms with E-state index in [0.29, 0.717) is 0 Å². The molecule has 0 aromatic carbocycles. The highest BCUT2D eigenvalue weighted by Crippen LogP contribution is 2.20. The van der Waals surface area contributed by atoms with Crippen molar-refractivity contribution in [2.24, 2.45) is 16.6 Å². The van der Waals surface area contributed by atoms with Gasteiger partial charge in [0, 0.05) is 19.6 Å². The molecule has 0 atom stereocenters. The predicted molar refractivity (Wildman–Crippen MR) is 77.6 cm³/mol. The Hall–Kier alpha value is -0.990. The fourth-order valence-corrected chi connectivity index (χ4v) is 2.78. The normalized spacial score (nSPS) is 23.1. The van der Waals surface area contributed by atoms with Crippen LogP contribution in [-0.4, -0.2) is 30.5 Å². The van der Waals surface area contributed by atoms with Crippen LogP contribution >= 0.6 is 0 Å². The Morgan fingerprint density at radius 2 is 2.17 bits per heavy atom. The SMILES string of the molecule is CC1CCN(C(N)=NCCC2=CCCCC2)CC1. The molecule has 1 heterocycles. The van der Waals surface area contributed by atoms with E-state index < -0.39 is 0 Å². The first-order chi connectivity index (χ1) is 8.75. The van der Waals surface area contributed by atoms with Gasteiger partial charge in [-0.05, 0) is 50.9 Å². The number of guanidine groups is 1. The van der Waals surface area contributed by atoms with Crippen LogP contribution in [0, 0.1) is 5.92 Å². The van der Waals surface area contributed by atoms with E-state index in [-0.39, 0.29) is 0 Å². The Labute approximate surface area is 111 Å². The zero-order valence-corrected chi connectivity index (χ0v) is 11.7. The topological polar surface area (TPSA) is 41.6 Å². The monoisotopic (exact) mass is 249 g/mol. The molecule has 0 aromatic rings. The molecule has 3 heteroatoms. The number of nitrogens with zero attached hydrogens (tertiary/aromatic N) is 2. The van der Waals surface area contributed by atoms with Crippen molar-refractivity contribution >= 4 is 5.96 Å². The number of rotatable bonds is 3. The van der Waals surface area contributed by atoms with Crippen LogP contribution in [0.5, 0.6) is 0 Å². The van der Waals surface area contributed by atoms with Gasteiger partial charge in [-0.15, -0.1) is 0 Å². The Morgan fingerprint density at radius 1 is 1.39 bits per heavy atom. The smallest absolute Gasteiger partial charge is 0.191 e. The Balaban J connectivity index is 1.73. The second-order valence-electron chi connectivity index (χ2n) is 5.77. The third-order valence-electron chi connectivity index (χ3n) is 4.20. The molecule has 3 nitrogen and oxygen atoms in total. The number of piperidine rings is 1. The van der Waals surface area contributed by atoms with E-state index >= 15 is 0 Å². The third kappa shape index (κ3) is 4.04. The maximum Gasteiger partial charge on any atom is 0.191 e. The Bertz CT molecular complexity index is 312. The molecule has 0 spiro atoms. The fraction of sp³-hybridized carbons (Fsp3) is 0.800. The standard InChI is InChI=1S/C15H27N3/c1-13-8-11-18(12-9-13)15(16)17-10-7-14-5-3-2-4-6-14/h5,13H,2-4,6-12H2,1H3,(H2,16,17). The zero-order valence-electron chi connectivity index (χ0n) is 11.7. The number of allylic oxidation sites excluding steroid dienone is 1. The van der Waals surface area contributed by atoms with Gasteiger partial charge in [0.05, 0.1) is 0 Å². The summed E-state index contributed by atoms with van der Waals surface area (Å²) in [6.45, 7) is 5.35. The molecular weight excluding hydrogens is 222 g/mol. The molecular formula is C15H27N3. The molecule has 0 saturated carbocycles. The molecule has 1 fully saturated rings. The highest BCUT2D eigenvalue weighted by molar-refractivity contribution is 5.78. The van der Waals surface area contributed by atoms with Crippen LogP contribution in [0.2, 0.25) is 0 Å². The summed E-state index contributed by atoms with van der Waals surface area (Å²) in [5, 5.41) is 0. The van der Waals surface area contributed by atoms with Crippen molar-refractivity contribution in [3.05, 3.63) is 11.6 Å².